The van der Waals surface area contributed by atoms with Gasteiger partial charge in [0.15, 0.2) is 0 Å². The quantitative estimate of drug-likeness (QED) is 0.424. The number of hydrogen-bond acceptors (Lipinski definition) is 2. The van der Waals surface area contributed by atoms with E-state index in [0.717, 1.165) is 0 Å². The summed E-state index contributed by atoms with van der Waals surface area (Å²) in [4.78, 5) is 9.89. The van der Waals surface area contributed by atoms with Gasteiger partial charge in [-0.1, -0.05) is 60.7 Å². The molecule has 0 N–H and O–H groups in total. The molecule has 6 aliphatic carbocycles. The second-order valence-corrected chi connectivity index (χ2v) is 8.12. The maximum absolute atomic E-state index is 4.95. The highest BCUT2D eigenvalue weighted by Gasteiger charge is 2.50. The normalized spacial score (nSPS) is 25.1. The summed E-state index contributed by atoms with van der Waals surface area (Å²) in [6, 6.07) is 26.8. The topological polar surface area (TPSA) is 25.8 Å². The second kappa shape index (κ2) is 5.17. The predicted molar refractivity (Wildman–Crippen MR) is 109 cm³/mol. The lowest BCUT2D eigenvalue weighted by Crippen LogP contribution is -2.36. The van der Waals surface area contributed by atoms with Gasteiger partial charge in [0.05, 0.1) is 11.4 Å². The molecule has 28 heavy (non-hydrogen) atoms. The van der Waals surface area contributed by atoms with Crippen LogP contribution in [0.1, 0.15) is 68.4 Å². The minimum atomic E-state index is 0.231. The van der Waals surface area contributed by atoms with Gasteiger partial charge in [-0.3, -0.25) is 9.97 Å². The van der Waals surface area contributed by atoms with Gasteiger partial charge >= 0.3 is 0 Å². The minimum Gasteiger partial charge on any atom is -0.260 e. The Morgan fingerprint density at radius 2 is 0.750 bits per heavy atom. The molecule has 0 saturated heterocycles. The molecule has 132 valence electrons. The Kier molecular flexibility index (Phi) is 2.72. The molecule has 0 aliphatic heterocycles. The zero-order chi connectivity index (χ0) is 18.2. The van der Waals surface area contributed by atoms with Crippen LogP contribution in [-0.2, 0) is 0 Å². The highest BCUT2D eigenvalue weighted by atomic mass is 14.8. The van der Waals surface area contributed by atoms with E-state index in [9.17, 15) is 0 Å². The predicted octanol–water partition coefficient (Wildman–Crippen LogP) is 5.34. The van der Waals surface area contributed by atoms with Crippen LogP contribution in [0.25, 0.3) is 0 Å². The average Bonchev–Trinajstić information content (AvgIpc) is 2.74. The first-order valence-electron chi connectivity index (χ1n) is 10.0. The van der Waals surface area contributed by atoms with E-state index >= 15 is 0 Å². The summed E-state index contributed by atoms with van der Waals surface area (Å²) in [5, 5.41) is 0. The molecule has 4 aromatic rings. The van der Waals surface area contributed by atoms with Gasteiger partial charge in [0.25, 0.3) is 0 Å². The molecule has 4 atom stereocenters. The molecule has 2 heteroatoms. The fourth-order valence-corrected chi connectivity index (χ4v) is 6.08. The highest BCUT2D eigenvalue weighted by Crippen LogP contribution is 2.62. The lowest BCUT2D eigenvalue weighted by atomic mass is 9.55. The van der Waals surface area contributed by atoms with E-state index in [1.807, 2.05) is 12.4 Å². The Morgan fingerprint density at radius 3 is 1.18 bits per heavy atom. The minimum absolute atomic E-state index is 0.231. The number of benzene rings is 2. The molecule has 10 rings (SSSR count). The number of aromatic nitrogens is 2. The van der Waals surface area contributed by atoms with Crippen molar-refractivity contribution in [3.8, 4) is 0 Å². The van der Waals surface area contributed by atoms with E-state index in [1.165, 1.54) is 44.8 Å². The molecule has 0 amide bonds. The molecule has 6 aliphatic rings. The molecule has 0 saturated carbocycles. The first-order chi connectivity index (χ1) is 13.9. The van der Waals surface area contributed by atoms with Crippen LogP contribution in [0.15, 0.2) is 85.2 Å². The Morgan fingerprint density at radius 1 is 0.393 bits per heavy atom. The molecule has 0 unspecified atom stereocenters. The van der Waals surface area contributed by atoms with Gasteiger partial charge in [0.2, 0.25) is 0 Å². The molecular weight excluding hydrogens is 340 g/mol. The van der Waals surface area contributed by atoms with E-state index in [1.54, 1.807) is 0 Å². The van der Waals surface area contributed by atoms with Crippen molar-refractivity contribution in [2.24, 2.45) is 0 Å². The summed E-state index contributed by atoms with van der Waals surface area (Å²) in [7, 11) is 0. The lowest BCUT2D eigenvalue weighted by molar-refractivity contribution is 0.509. The summed E-state index contributed by atoms with van der Waals surface area (Å²) >= 11 is 0. The number of rotatable bonds is 0. The summed E-state index contributed by atoms with van der Waals surface area (Å²) in [5.41, 5.74) is 11.1. The summed E-state index contributed by atoms with van der Waals surface area (Å²) in [6.07, 6.45) is 3.92. The zero-order valence-electron chi connectivity index (χ0n) is 15.3. The standard InChI is InChI=1S/C26H18N2/c1-3-9-17-15(7-1)21-19-11-5-13-27-25(19)23(17)22-16-8-2-4-10-18(16)24(21)26-20(22)12-6-14-28-26/h1-14,21-24H/t21-,22+,23-,24+. The van der Waals surface area contributed by atoms with Crippen molar-refractivity contribution in [1.29, 1.82) is 0 Å². The van der Waals surface area contributed by atoms with Crippen LogP contribution in [-0.4, -0.2) is 9.97 Å². The lowest BCUT2D eigenvalue weighted by Gasteiger charge is -2.48. The maximum Gasteiger partial charge on any atom is 0.0526 e. The van der Waals surface area contributed by atoms with E-state index in [2.05, 4.69) is 72.8 Å². The maximum atomic E-state index is 4.95. The monoisotopic (exact) mass is 358 g/mol. The Balaban J connectivity index is 1.69. The number of hydrogen-bond donors (Lipinski definition) is 0. The molecule has 0 fully saturated rings. The van der Waals surface area contributed by atoms with Crippen LogP contribution in [0, 0.1) is 0 Å². The van der Waals surface area contributed by atoms with Crippen molar-refractivity contribution in [2.75, 3.05) is 0 Å². The second-order valence-electron chi connectivity index (χ2n) is 8.12. The molecule has 2 aromatic carbocycles. The van der Waals surface area contributed by atoms with Gasteiger partial charge in [0.1, 0.15) is 0 Å². The molecule has 2 heterocycles. The number of pyridine rings is 2. The van der Waals surface area contributed by atoms with Gasteiger partial charge in [-0.05, 0) is 45.5 Å². The molecule has 4 bridgehead atoms. The molecule has 0 radical (unpaired) electrons. The third kappa shape index (κ3) is 1.65. The fraction of sp³-hybridized carbons (Fsp3) is 0.154. The van der Waals surface area contributed by atoms with Crippen LogP contribution < -0.4 is 0 Å². The first-order valence-corrected chi connectivity index (χ1v) is 10.0. The Hall–Kier alpha value is -3.26. The number of nitrogens with zero attached hydrogens (tertiary/aromatic N) is 2. The van der Waals surface area contributed by atoms with E-state index in [4.69, 9.17) is 9.97 Å². The van der Waals surface area contributed by atoms with Crippen LogP contribution in [0.4, 0.5) is 0 Å². The van der Waals surface area contributed by atoms with E-state index in [-0.39, 0.29) is 23.7 Å². The van der Waals surface area contributed by atoms with Gasteiger partial charge < -0.3 is 0 Å². The summed E-state index contributed by atoms with van der Waals surface area (Å²) < 4.78 is 0. The SMILES string of the molecule is c1ccc2c(c1)[C@@H]1c3cccnc3[C@H]2[C@H]2c3ccccc3[C@@H]1c1ncccc12. The van der Waals surface area contributed by atoms with E-state index in [0.29, 0.717) is 0 Å². The van der Waals surface area contributed by atoms with E-state index < -0.39 is 0 Å². The summed E-state index contributed by atoms with van der Waals surface area (Å²) in [5.74, 6) is 0.974. The fourth-order valence-electron chi connectivity index (χ4n) is 6.08. The van der Waals surface area contributed by atoms with Crippen molar-refractivity contribution < 1.29 is 0 Å². The first kappa shape index (κ1) is 14.8. The average molecular weight is 358 g/mol. The van der Waals surface area contributed by atoms with Crippen LogP contribution in [0.2, 0.25) is 0 Å². The van der Waals surface area contributed by atoms with Gasteiger partial charge in [-0.2, -0.15) is 0 Å². The van der Waals surface area contributed by atoms with Crippen LogP contribution in [0.5, 0.6) is 0 Å². The van der Waals surface area contributed by atoms with Crippen molar-refractivity contribution in [1.82, 2.24) is 9.97 Å². The van der Waals surface area contributed by atoms with Crippen molar-refractivity contribution in [3.63, 3.8) is 0 Å². The Labute approximate surface area is 163 Å². The van der Waals surface area contributed by atoms with Crippen LogP contribution >= 0.6 is 0 Å². The Bertz CT molecular complexity index is 969. The highest BCUT2D eigenvalue weighted by molar-refractivity contribution is 5.65. The van der Waals surface area contributed by atoms with Crippen molar-refractivity contribution >= 4 is 0 Å². The van der Waals surface area contributed by atoms with Gasteiger partial charge in [-0.15, -0.1) is 0 Å². The van der Waals surface area contributed by atoms with Crippen molar-refractivity contribution in [2.45, 2.75) is 23.7 Å². The van der Waals surface area contributed by atoms with Gasteiger partial charge in [0, 0.05) is 36.1 Å². The molecule has 2 nitrogen and oxygen atoms in total. The zero-order valence-corrected chi connectivity index (χ0v) is 15.3. The largest absolute Gasteiger partial charge is 0.260 e. The summed E-state index contributed by atoms with van der Waals surface area (Å²) in [6.45, 7) is 0. The third-order valence-electron chi connectivity index (χ3n) is 7.00. The molecular formula is C26H18N2. The van der Waals surface area contributed by atoms with Crippen molar-refractivity contribution in [3.05, 3.63) is 130 Å². The van der Waals surface area contributed by atoms with Crippen LogP contribution in [0.3, 0.4) is 0 Å². The molecule has 0 spiro atoms. The van der Waals surface area contributed by atoms with Gasteiger partial charge in [-0.25, -0.2) is 0 Å². The molecule has 2 aromatic heterocycles. The third-order valence-corrected chi connectivity index (χ3v) is 7.00. The smallest absolute Gasteiger partial charge is 0.0526 e.